The molecule has 0 atom stereocenters. The molecule has 1 nitrogen and oxygen atoms in total. The maximum Gasteiger partial charge on any atom is 0.119 e. The number of benzene rings is 4. The molecular weight excluding hydrogens is 432 g/mol. The molecule has 0 amide bonds. The van der Waals surface area contributed by atoms with E-state index in [2.05, 4.69) is 70.5 Å². The fraction of sp³-hybridized carbons (Fsp3) is 0.0400. The second-order valence-corrected chi connectivity index (χ2v) is 7.66. The number of halogens is 2. The van der Waals surface area contributed by atoms with Gasteiger partial charge < -0.3 is 4.74 Å². The standard InChI is InChI=1S/C25H18BrClO/c26-25-21(8-7-20-4-1-2-6-24(20)25)5-3-17-28-23-15-11-19(12-16-23)18-9-13-22(27)14-10-18/h1-16H,17H2. The molecule has 28 heavy (non-hydrogen) atoms. The lowest BCUT2D eigenvalue weighted by atomic mass is 10.1. The molecule has 4 rings (SSSR count). The summed E-state index contributed by atoms with van der Waals surface area (Å²) in [5.74, 6) is 0.847. The molecule has 0 aliphatic heterocycles. The summed E-state index contributed by atoms with van der Waals surface area (Å²) in [4.78, 5) is 0. The van der Waals surface area contributed by atoms with Crippen molar-refractivity contribution in [2.45, 2.75) is 0 Å². The minimum absolute atomic E-state index is 0.513. The number of fused-ring (bicyclic) bond motifs is 1. The van der Waals surface area contributed by atoms with Crippen molar-refractivity contribution >= 4 is 44.4 Å². The summed E-state index contributed by atoms with van der Waals surface area (Å²) in [7, 11) is 0. The molecule has 0 fully saturated rings. The maximum atomic E-state index is 5.95. The Morgan fingerprint density at radius 3 is 2.21 bits per heavy atom. The van der Waals surface area contributed by atoms with Crippen molar-refractivity contribution in [2.75, 3.05) is 6.61 Å². The fourth-order valence-corrected chi connectivity index (χ4v) is 3.84. The first-order valence-corrected chi connectivity index (χ1v) is 10.2. The van der Waals surface area contributed by atoms with E-state index in [0.29, 0.717) is 6.61 Å². The molecule has 0 N–H and O–H groups in total. The Hall–Kier alpha value is -2.55. The van der Waals surface area contributed by atoms with Crippen LogP contribution in [0.3, 0.4) is 0 Å². The van der Waals surface area contributed by atoms with Gasteiger partial charge in [0.15, 0.2) is 0 Å². The van der Waals surface area contributed by atoms with Crippen LogP contribution in [0.25, 0.3) is 28.0 Å². The first-order chi connectivity index (χ1) is 13.7. The summed E-state index contributed by atoms with van der Waals surface area (Å²) >= 11 is 9.66. The average molecular weight is 450 g/mol. The summed E-state index contributed by atoms with van der Waals surface area (Å²) in [6.45, 7) is 0.513. The van der Waals surface area contributed by atoms with Gasteiger partial charge in [0.25, 0.3) is 0 Å². The number of hydrogen-bond donors (Lipinski definition) is 0. The molecule has 0 radical (unpaired) electrons. The lowest BCUT2D eigenvalue weighted by Gasteiger charge is -2.06. The van der Waals surface area contributed by atoms with Gasteiger partial charge in [0.05, 0.1) is 0 Å². The highest BCUT2D eigenvalue weighted by Crippen LogP contribution is 2.28. The number of rotatable bonds is 5. The van der Waals surface area contributed by atoms with Crippen LogP contribution in [-0.4, -0.2) is 6.61 Å². The van der Waals surface area contributed by atoms with Gasteiger partial charge in [-0.3, -0.25) is 0 Å². The normalized spacial score (nSPS) is 11.2. The molecule has 0 aromatic heterocycles. The van der Waals surface area contributed by atoms with Gasteiger partial charge in [-0.25, -0.2) is 0 Å². The van der Waals surface area contributed by atoms with Crippen molar-refractivity contribution in [1.29, 1.82) is 0 Å². The molecule has 0 saturated carbocycles. The summed E-state index contributed by atoms with van der Waals surface area (Å²) < 4.78 is 6.95. The molecule has 4 aromatic rings. The minimum atomic E-state index is 0.513. The van der Waals surface area contributed by atoms with Gasteiger partial charge in [-0.15, -0.1) is 0 Å². The molecule has 0 spiro atoms. The molecule has 0 aliphatic rings. The second kappa shape index (κ2) is 8.64. The van der Waals surface area contributed by atoms with Gasteiger partial charge in [0.2, 0.25) is 0 Å². The Morgan fingerprint density at radius 2 is 1.46 bits per heavy atom. The average Bonchev–Trinajstić information content (AvgIpc) is 2.74. The first kappa shape index (κ1) is 18.8. The molecule has 0 heterocycles. The van der Waals surface area contributed by atoms with E-state index in [1.807, 2.05) is 42.5 Å². The third-order valence-electron chi connectivity index (χ3n) is 4.57. The van der Waals surface area contributed by atoms with E-state index in [9.17, 15) is 0 Å². The molecule has 0 saturated heterocycles. The van der Waals surface area contributed by atoms with Crippen molar-refractivity contribution in [1.82, 2.24) is 0 Å². The van der Waals surface area contributed by atoms with Crippen LogP contribution >= 0.6 is 27.5 Å². The molecule has 4 aromatic carbocycles. The monoisotopic (exact) mass is 448 g/mol. The Kier molecular flexibility index (Phi) is 5.80. The van der Waals surface area contributed by atoms with E-state index in [-0.39, 0.29) is 0 Å². The molecule has 0 aliphatic carbocycles. The zero-order valence-corrected chi connectivity index (χ0v) is 17.5. The summed E-state index contributed by atoms with van der Waals surface area (Å²) in [6, 6.07) is 28.5. The highest BCUT2D eigenvalue weighted by atomic mass is 79.9. The Bertz CT molecular complexity index is 1120. The third-order valence-corrected chi connectivity index (χ3v) is 5.71. The van der Waals surface area contributed by atoms with Crippen LogP contribution in [0.1, 0.15) is 5.56 Å². The molecule has 0 unspecified atom stereocenters. The highest BCUT2D eigenvalue weighted by Gasteiger charge is 2.02. The second-order valence-electron chi connectivity index (χ2n) is 6.43. The van der Waals surface area contributed by atoms with Crippen LogP contribution < -0.4 is 4.74 Å². The van der Waals surface area contributed by atoms with E-state index < -0.39 is 0 Å². The van der Waals surface area contributed by atoms with Crippen LogP contribution in [0.15, 0.2) is 95.5 Å². The third kappa shape index (κ3) is 4.30. The minimum Gasteiger partial charge on any atom is -0.490 e. The van der Waals surface area contributed by atoms with Crippen LogP contribution in [0, 0.1) is 0 Å². The quantitative estimate of drug-likeness (QED) is 0.300. The summed E-state index contributed by atoms with van der Waals surface area (Å²) in [5, 5.41) is 3.18. The van der Waals surface area contributed by atoms with Crippen LogP contribution in [0.4, 0.5) is 0 Å². The SMILES string of the molecule is Clc1ccc(-c2ccc(OCC=Cc3ccc4ccccc4c3Br)cc2)cc1. The fourth-order valence-electron chi connectivity index (χ4n) is 3.08. The zero-order valence-electron chi connectivity index (χ0n) is 15.1. The van der Waals surface area contributed by atoms with Crippen molar-refractivity contribution in [3.8, 4) is 16.9 Å². The largest absolute Gasteiger partial charge is 0.490 e. The van der Waals surface area contributed by atoms with E-state index in [1.54, 1.807) is 0 Å². The van der Waals surface area contributed by atoms with Gasteiger partial charge in [0.1, 0.15) is 12.4 Å². The molecule has 3 heteroatoms. The first-order valence-electron chi connectivity index (χ1n) is 9.03. The van der Waals surface area contributed by atoms with E-state index in [1.165, 1.54) is 10.8 Å². The van der Waals surface area contributed by atoms with E-state index >= 15 is 0 Å². The maximum absolute atomic E-state index is 5.95. The lowest BCUT2D eigenvalue weighted by molar-refractivity contribution is 0.363. The summed E-state index contributed by atoms with van der Waals surface area (Å²) in [6.07, 6.45) is 4.11. The smallest absolute Gasteiger partial charge is 0.119 e. The topological polar surface area (TPSA) is 9.23 Å². The van der Waals surface area contributed by atoms with Crippen molar-refractivity contribution < 1.29 is 4.74 Å². The van der Waals surface area contributed by atoms with Gasteiger partial charge in [0, 0.05) is 9.50 Å². The molecule has 0 bridgehead atoms. The Morgan fingerprint density at radius 1 is 0.786 bits per heavy atom. The van der Waals surface area contributed by atoms with Gasteiger partial charge in [-0.2, -0.15) is 0 Å². The number of ether oxygens (including phenoxy) is 1. The van der Waals surface area contributed by atoms with Gasteiger partial charge in [-0.05, 0) is 73.7 Å². The Balaban J connectivity index is 1.40. The predicted octanol–water partition coefficient (Wildman–Crippen LogP) is 8.01. The zero-order chi connectivity index (χ0) is 19.3. The lowest BCUT2D eigenvalue weighted by Crippen LogP contribution is -1.93. The Labute approximate surface area is 178 Å². The van der Waals surface area contributed by atoms with Gasteiger partial charge >= 0.3 is 0 Å². The van der Waals surface area contributed by atoms with Crippen molar-refractivity contribution in [2.24, 2.45) is 0 Å². The molecular formula is C25H18BrClO. The van der Waals surface area contributed by atoms with E-state index in [4.69, 9.17) is 16.3 Å². The predicted molar refractivity (Wildman–Crippen MR) is 123 cm³/mol. The van der Waals surface area contributed by atoms with Crippen molar-refractivity contribution in [3.63, 3.8) is 0 Å². The van der Waals surface area contributed by atoms with Crippen LogP contribution in [0.5, 0.6) is 5.75 Å². The van der Waals surface area contributed by atoms with Crippen LogP contribution in [-0.2, 0) is 0 Å². The number of hydrogen-bond acceptors (Lipinski definition) is 1. The van der Waals surface area contributed by atoms with Crippen molar-refractivity contribution in [3.05, 3.63) is 106 Å². The summed E-state index contributed by atoms with van der Waals surface area (Å²) in [5.41, 5.74) is 3.41. The van der Waals surface area contributed by atoms with Crippen LogP contribution in [0.2, 0.25) is 5.02 Å². The molecule has 138 valence electrons. The van der Waals surface area contributed by atoms with Gasteiger partial charge in [-0.1, -0.05) is 78.3 Å². The van der Waals surface area contributed by atoms with E-state index in [0.717, 1.165) is 31.9 Å². The highest BCUT2D eigenvalue weighted by molar-refractivity contribution is 9.10.